The lowest BCUT2D eigenvalue weighted by molar-refractivity contribution is -0.137. The zero-order valence-corrected chi connectivity index (χ0v) is 13.6. The first-order valence-electron chi connectivity index (χ1n) is 6.50. The molecule has 1 amide bonds. The molecule has 0 saturated heterocycles. The molecule has 1 aromatic rings. The zero-order valence-electron chi connectivity index (χ0n) is 12.0. The third-order valence-electron chi connectivity index (χ3n) is 3.07. The SMILES string of the molecule is CC(C)C(C)NC(=O)CNc1cc(Br)cc(C(F)(F)F)c1. The van der Waals surface area contributed by atoms with E-state index in [9.17, 15) is 18.0 Å². The lowest BCUT2D eigenvalue weighted by Gasteiger charge is -2.18. The van der Waals surface area contributed by atoms with E-state index in [2.05, 4.69) is 26.6 Å². The number of nitrogens with one attached hydrogen (secondary N) is 2. The van der Waals surface area contributed by atoms with Crippen molar-refractivity contribution in [3.63, 3.8) is 0 Å². The van der Waals surface area contributed by atoms with Gasteiger partial charge < -0.3 is 10.6 Å². The van der Waals surface area contributed by atoms with Gasteiger partial charge >= 0.3 is 6.18 Å². The van der Waals surface area contributed by atoms with Crippen LogP contribution in [0.15, 0.2) is 22.7 Å². The van der Waals surface area contributed by atoms with Gasteiger partial charge in [0.05, 0.1) is 12.1 Å². The molecule has 0 bridgehead atoms. The van der Waals surface area contributed by atoms with E-state index in [0.717, 1.165) is 12.1 Å². The third-order valence-corrected chi connectivity index (χ3v) is 3.52. The molecule has 7 heteroatoms. The Morgan fingerprint density at radius 3 is 2.38 bits per heavy atom. The van der Waals surface area contributed by atoms with Crippen LogP contribution < -0.4 is 10.6 Å². The Morgan fingerprint density at radius 1 is 1.24 bits per heavy atom. The molecule has 0 aromatic heterocycles. The fourth-order valence-electron chi connectivity index (χ4n) is 1.51. The topological polar surface area (TPSA) is 41.1 Å². The zero-order chi connectivity index (χ0) is 16.2. The Morgan fingerprint density at radius 2 is 1.86 bits per heavy atom. The monoisotopic (exact) mass is 366 g/mol. The second-order valence-corrected chi connectivity index (χ2v) is 6.10. The van der Waals surface area contributed by atoms with E-state index in [1.165, 1.54) is 6.07 Å². The van der Waals surface area contributed by atoms with E-state index < -0.39 is 11.7 Å². The second-order valence-electron chi connectivity index (χ2n) is 5.18. The number of hydrogen-bond donors (Lipinski definition) is 2. The summed E-state index contributed by atoms with van der Waals surface area (Å²) in [5.74, 6) is 0.0291. The standard InChI is InChI=1S/C14H18BrF3N2O/c1-8(2)9(3)20-13(21)7-19-12-5-10(14(16,17)18)4-11(15)6-12/h4-6,8-9,19H,7H2,1-3H3,(H,20,21). The number of hydrogen-bond acceptors (Lipinski definition) is 2. The molecule has 0 spiro atoms. The summed E-state index contributed by atoms with van der Waals surface area (Å²) in [6.07, 6.45) is -4.42. The number of halogens is 4. The van der Waals surface area contributed by atoms with Gasteiger partial charge in [-0.15, -0.1) is 0 Å². The second kappa shape index (κ2) is 7.15. The van der Waals surface area contributed by atoms with E-state index in [0.29, 0.717) is 4.47 Å². The quantitative estimate of drug-likeness (QED) is 0.825. The minimum atomic E-state index is -4.42. The predicted molar refractivity (Wildman–Crippen MR) is 80.1 cm³/mol. The molecule has 0 saturated carbocycles. The maximum atomic E-state index is 12.7. The molecule has 3 nitrogen and oxygen atoms in total. The van der Waals surface area contributed by atoms with Crippen LogP contribution in [0.5, 0.6) is 0 Å². The van der Waals surface area contributed by atoms with Gasteiger partial charge in [-0.2, -0.15) is 13.2 Å². The van der Waals surface area contributed by atoms with E-state index in [1.54, 1.807) is 0 Å². The Labute approximate surface area is 130 Å². The van der Waals surface area contributed by atoms with Crippen LogP contribution in [0.2, 0.25) is 0 Å². The average Bonchev–Trinajstić information content (AvgIpc) is 2.34. The molecule has 0 radical (unpaired) electrons. The Hall–Kier alpha value is -1.24. The van der Waals surface area contributed by atoms with Crippen LogP contribution in [0, 0.1) is 5.92 Å². The Bertz CT molecular complexity index is 503. The van der Waals surface area contributed by atoms with Gasteiger partial charge in [0.2, 0.25) is 5.91 Å². The van der Waals surface area contributed by atoms with Gasteiger partial charge in [-0.1, -0.05) is 29.8 Å². The van der Waals surface area contributed by atoms with Gasteiger partial charge in [0.1, 0.15) is 0 Å². The van der Waals surface area contributed by atoms with Crippen LogP contribution in [0.25, 0.3) is 0 Å². The highest BCUT2D eigenvalue weighted by atomic mass is 79.9. The molecule has 1 rings (SSSR count). The van der Waals surface area contributed by atoms with E-state index in [1.807, 2.05) is 20.8 Å². The van der Waals surface area contributed by atoms with Crippen molar-refractivity contribution in [1.29, 1.82) is 0 Å². The average molecular weight is 367 g/mol. The number of alkyl halides is 3. The summed E-state index contributed by atoms with van der Waals surface area (Å²) in [4.78, 5) is 11.7. The summed E-state index contributed by atoms with van der Waals surface area (Å²) >= 11 is 3.03. The maximum absolute atomic E-state index is 12.7. The fourth-order valence-corrected chi connectivity index (χ4v) is 2.00. The van der Waals surface area contributed by atoms with Crippen molar-refractivity contribution in [2.45, 2.75) is 33.0 Å². The van der Waals surface area contributed by atoms with Gasteiger partial charge in [0, 0.05) is 16.2 Å². The van der Waals surface area contributed by atoms with Crippen molar-refractivity contribution < 1.29 is 18.0 Å². The van der Waals surface area contributed by atoms with Crippen LogP contribution in [-0.2, 0) is 11.0 Å². The molecule has 0 aliphatic heterocycles. The largest absolute Gasteiger partial charge is 0.416 e. The molecule has 21 heavy (non-hydrogen) atoms. The lowest BCUT2D eigenvalue weighted by atomic mass is 10.1. The third kappa shape index (κ3) is 5.95. The van der Waals surface area contributed by atoms with Crippen LogP contribution in [0.3, 0.4) is 0 Å². The van der Waals surface area contributed by atoms with Crippen molar-refractivity contribution in [3.8, 4) is 0 Å². The fraction of sp³-hybridized carbons (Fsp3) is 0.500. The van der Waals surface area contributed by atoms with Gasteiger partial charge in [-0.25, -0.2) is 0 Å². The highest BCUT2D eigenvalue weighted by molar-refractivity contribution is 9.10. The van der Waals surface area contributed by atoms with Gasteiger partial charge in [0.25, 0.3) is 0 Å². The van der Waals surface area contributed by atoms with E-state index in [4.69, 9.17) is 0 Å². The number of carbonyl (C=O) groups excluding carboxylic acids is 1. The summed E-state index contributed by atoms with van der Waals surface area (Å²) in [5.41, 5.74) is -0.528. The van der Waals surface area contributed by atoms with Crippen LogP contribution in [0.1, 0.15) is 26.3 Å². The molecular weight excluding hydrogens is 349 g/mol. The van der Waals surface area contributed by atoms with Gasteiger partial charge in [-0.05, 0) is 31.0 Å². The highest BCUT2D eigenvalue weighted by Gasteiger charge is 2.31. The van der Waals surface area contributed by atoms with Crippen LogP contribution >= 0.6 is 15.9 Å². The van der Waals surface area contributed by atoms with Crippen LogP contribution in [0.4, 0.5) is 18.9 Å². The van der Waals surface area contributed by atoms with E-state index >= 15 is 0 Å². The van der Waals surface area contributed by atoms with Crippen LogP contribution in [-0.4, -0.2) is 18.5 Å². The Balaban J connectivity index is 2.68. The molecular formula is C14H18BrF3N2O. The number of benzene rings is 1. The van der Waals surface area contributed by atoms with E-state index in [-0.39, 0.29) is 30.1 Å². The number of rotatable bonds is 5. The lowest BCUT2D eigenvalue weighted by Crippen LogP contribution is -2.39. The molecule has 1 unspecified atom stereocenters. The molecule has 1 atom stereocenters. The van der Waals surface area contributed by atoms with Crippen molar-refractivity contribution in [2.24, 2.45) is 5.92 Å². The highest BCUT2D eigenvalue weighted by Crippen LogP contribution is 2.33. The number of carbonyl (C=O) groups is 1. The summed E-state index contributed by atoms with van der Waals surface area (Å²) < 4.78 is 38.3. The normalized spacial score (nSPS) is 13.1. The summed E-state index contributed by atoms with van der Waals surface area (Å²) in [6, 6.07) is 3.47. The smallest absolute Gasteiger partial charge is 0.376 e. The molecule has 0 aliphatic rings. The first kappa shape index (κ1) is 17.8. The Kier molecular flexibility index (Phi) is 6.07. The van der Waals surface area contributed by atoms with Crippen molar-refractivity contribution in [1.82, 2.24) is 5.32 Å². The minimum Gasteiger partial charge on any atom is -0.376 e. The minimum absolute atomic E-state index is 0.00699. The van der Waals surface area contributed by atoms with Gasteiger partial charge in [0.15, 0.2) is 0 Å². The first-order chi connectivity index (χ1) is 9.59. The molecule has 0 heterocycles. The number of anilines is 1. The number of amides is 1. The van der Waals surface area contributed by atoms with Crippen molar-refractivity contribution in [2.75, 3.05) is 11.9 Å². The maximum Gasteiger partial charge on any atom is 0.416 e. The summed E-state index contributed by atoms with van der Waals surface area (Å²) in [6.45, 7) is 5.75. The molecule has 2 N–H and O–H groups in total. The van der Waals surface area contributed by atoms with Gasteiger partial charge in [-0.3, -0.25) is 4.79 Å². The summed E-state index contributed by atoms with van der Waals surface area (Å²) in [7, 11) is 0. The molecule has 118 valence electrons. The molecule has 0 fully saturated rings. The molecule has 1 aromatic carbocycles. The molecule has 0 aliphatic carbocycles. The predicted octanol–water partition coefficient (Wildman–Crippen LogP) is 4.04. The van der Waals surface area contributed by atoms with Crippen molar-refractivity contribution in [3.05, 3.63) is 28.2 Å². The summed E-state index contributed by atoms with van der Waals surface area (Å²) in [5, 5.41) is 5.47. The van der Waals surface area contributed by atoms with Crippen molar-refractivity contribution >= 4 is 27.5 Å². The first-order valence-corrected chi connectivity index (χ1v) is 7.30.